The van der Waals surface area contributed by atoms with E-state index in [0.29, 0.717) is 37.1 Å². The van der Waals surface area contributed by atoms with Gasteiger partial charge in [-0.2, -0.15) is 5.10 Å². The van der Waals surface area contributed by atoms with Crippen LogP contribution >= 0.6 is 11.6 Å². The molecule has 8 heteroatoms. The molecule has 0 radical (unpaired) electrons. The maximum atomic E-state index is 12.9. The first-order valence-corrected chi connectivity index (χ1v) is 12.5. The van der Waals surface area contributed by atoms with Gasteiger partial charge in [0.1, 0.15) is 11.6 Å². The van der Waals surface area contributed by atoms with Gasteiger partial charge in [-0.1, -0.05) is 49.7 Å². The molecule has 5 rings (SSSR count). The fourth-order valence-corrected chi connectivity index (χ4v) is 4.57. The van der Waals surface area contributed by atoms with E-state index in [4.69, 9.17) is 21.6 Å². The lowest BCUT2D eigenvalue weighted by atomic mass is 10.1. The lowest BCUT2D eigenvalue weighted by Crippen LogP contribution is -2.49. The highest BCUT2D eigenvalue weighted by Crippen LogP contribution is 2.28. The van der Waals surface area contributed by atoms with Crippen LogP contribution in [0.25, 0.3) is 16.7 Å². The van der Waals surface area contributed by atoms with Gasteiger partial charge in [-0.05, 0) is 42.7 Å². The molecule has 0 bridgehead atoms. The third-order valence-electron chi connectivity index (χ3n) is 6.34. The highest BCUT2D eigenvalue weighted by molar-refractivity contribution is 6.30. The summed E-state index contributed by atoms with van der Waals surface area (Å²) >= 11 is 6.25. The second-order valence-electron chi connectivity index (χ2n) is 9.31. The van der Waals surface area contributed by atoms with Crippen LogP contribution in [0.3, 0.4) is 0 Å². The number of hydrogen-bond donors (Lipinski definition) is 0. The van der Waals surface area contributed by atoms with E-state index in [1.807, 2.05) is 70.4 Å². The minimum absolute atomic E-state index is 0.0736. The number of halogens is 1. The first kappa shape index (κ1) is 23.3. The van der Waals surface area contributed by atoms with Crippen LogP contribution in [-0.2, 0) is 6.42 Å². The number of carbonyl (C=O) groups excluding carboxylic acids is 1. The number of aryl methyl sites for hydroxylation is 1. The number of aromatic nitrogens is 4. The molecule has 2 aromatic carbocycles. The number of fused-ring (bicyclic) bond motifs is 1. The summed E-state index contributed by atoms with van der Waals surface area (Å²) in [6, 6.07) is 17.1. The van der Waals surface area contributed by atoms with Gasteiger partial charge in [-0.15, -0.1) is 0 Å². The number of benzene rings is 2. The molecule has 2 aromatic heterocycles. The zero-order valence-corrected chi connectivity index (χ0v) is 20.8. The number of hydrogen-bond acceptors (Lipinski definition) is 5. The summed E-state index contributed by atoms with van der Waals surface area (Å²) in [5.74, 6) is 2.33. The van der Waals surface area contributed by atoms with Gasteiger partial charge in [0.15, 0.2) is 5.65 Å². The Morgan fingerprint density at radius 1 is 1.00 bits per heavy atom. The second-order valence-corrected chi connectivity index (χ2v) is 9.75. The van der Waals surface area contributed by atoms with Gasteiger partial charge in [0.2, 0.25) is 0 Å². The molecule has 180 valence electrons. The Hall–Kier alpha value is -3.45. The smallest absolute Gasteiger partial charge is 0.253 e. The molecule has 0 N–H and O–H groups in total. The zero-order chi connectivity index (χ0) is 24.4. The van der Waals surface area contributed by atoms with E-state index in [-0.39, 0.29) is 5.91 Å². The molecule has 4 aromatic rings. The van der Waals surface area contributed by atoms with Crippen molar-refractivity contribution in [3.8, 4) is 5.69 Å². The summed E-state index contributed by atoms with van der Waals surface area (Å²) in [5, 5.41) is 6.20. The fourth-order valence-electron chi connectivity index (χ4n) is 4.39. The molecule has 0 spiro atoms. The summed E-state index contributed by atoms with van der Waals surface area (Å²) in [6.07, 6.45) is 3.64. The molecule has 1 fully saturated rings. The van der Waals surface area contributed by atoms with E-state index in [2.05, 4.69) is 23.8 Å². The summed E-state index contributed by atoms with van der Waals surface area (Å²) < 4.78 is 1.83. The van der Waals surface area contributed by atoms with Crippen LogP contribution in [-0.4, -0.2) is 56.7 Å². The van der Waals surface area contributed by atoms with Crippen molar-refractivity contribution in [1.82, 2.24) is 24.6 Å². The van der Waals surface area contributed by atoms with Gasteiger partial charge >= 0.3 is 0 Å². The first-order valence-electron chi connectivity index (χ1n) is 12.1. The van der Waals surface area contributed by atoms with Crippen LogP contribution in [0.15, 0.2) is 60.8 Å². The summed E-state index contributed by atoms with van der Waals surface area (Å²) in [6.45, 7) is 7.11. The van der Waals surface area contributed by atoms with Gasteiger partial charge < -0.3 is 9.80 Å². The SMILES string of the molecule is CC(C)CCc1nc(N2CCN(C(=O)c3ccccc3)CC2)c2cnn(-c3cccc(Cl)c3)c2n1. The Labute approximate surface area is 210 Å². The molecule has 1 saturated heterocycles. The zero-order valence-electron chi connectivity index (χ0n) is 20.1. The number of rotatable bonds is 6. The highest BCUT2D eigenvalue weighted by Gasteiger charge is 2.25. The standard InChI is InChI=1S/C27H29ClN6O/c1-19(2)11-12-24-30-25(23-18-29-34(26(23)31-24)22-10-6-9-21(28)17-22)32-13-15-33(16-14-32)27(35)20-7-4-3-5-8-20/h3-10,17-19H,11-16H2,1-2H3. The third-order valence-corrected chi connectivity index (χ3v) is 6.57. The normalized spacial score (nSPS) is 14.2. The van der Waals surface area contributed by atoms with E-state index < -0.39 is 0 Å². The maximum Gasteiger partial charge on any atom is 0.253 e. The molecular weight excluding hydrogens is 460 g/mol. The molecule has 3 heterocycles. The Kier molecular flexibility index (Phi) is 6.68. The molecule has 7 nitrogen and oxygen atoms in total. The Balaban J connectivity index is 1.45. The Morgan fingerprint density at radius 3 is 2.49 bits per heavy atom. The molecular formula is C27H29ClN6O. The highest BCUT2D eigenvalue weighted by atomic mass is 35.5. The van der Waals surface area contributed by atoms with Gasteiger partial charge in [-0.25, -0.2) is 14.6 Å². The number of nitrogens with zero attached hydrogens (tertiary/aromatic N) is 6. The molecule has 1 aliphatic heterocycles. The average molecular weight is 489 g/mol. The molecule has 1 aliphatic rings. The van der Waals surface area contributed by atoms with Crippen LogP contribution in [0.4, 0.5) is 5.82 Å². The van der Waals surface area contributed by atoms with Crippen molar-refractivity contribution >= 4 is 34.4 Å². The molecule has 1 amide bonds. The number of amides is 1. The predicted octanol–water partition coefficient (Wildman–Crippen LogP) is 5.02. The van der Waals surface area contributed by atoms with Crippen molar-refractivity contribution in [3.63, 3.8) is 0 Å². The van der Waals surface area contributed by atoms with Gasteiger partial charge in [0, 0.05) is 43.2 Å². The van der Waals surface area contributed by atoms with E-state index >= 15 is 0 Å². The molecule has 35 heavy (non-hydrogen) atoms. The van der Waals surface area contributed by atoms with Gasteiger partial charge in [-0.3, -0.25) is 4.79 Å². The largest absolute Gasteiger partial charge is 0.352 e. The second kappa shape index (κ2) is 10.0. The minimum atomic E-state index is 0.0736. The van der Waals surface area contributed by atoms with E-state index in [1.54, 1.807) is 0 Å². The van der Waals surface area contributed by atoms with Gasteiger partial charge in [0.05, 0.1) is 17.3 Å². The lowest BCUT2D eigenvalue weighted by Gasteiger charge is -2.35. The van der Waals surface area contributed by atoms with Gasteiger partial charge in [0.25, 0.3) is 5.91 Å². The number of carbonyl (C=O) groups is 1. The molecule has 0 saturated carbocycles. The monoisotopic (exact) mass is 488 g/mol. The maximum absolute atomic E-state index is 12.9. The van der Waals surface area contributed by atoms with Crippen LogP contribution in [0, 0.1) is 5.92 Å². The van der Waals surface area contributed by atoms with Crippen molar-refractivity contribution in [2.24, 2.45) is 5.92 Å². The van der Waals surface area contributed by atoms with E-state index in [1.165, 1.54) is 0 Å². The summed E-state index contributed by atoms with van der Waals surface area (Å²) in [7, 11) is 0. The topological polar surface area (TPSA) is 67.2 Å². The van der Waals surface area contributed by atoms with Crippen LogP contribution < -0.4 is 4.90 Å². The molecule has 0 aliphatic carbocycles. The first-order chi connectivity index (χ1) is 17.0. The van der Waals surface area contributed by atoms with Crippen molar-refractivity contribution in [2.75, 3.05) is 31.1 Å². The molecule has 0 atom stereocenters. The Bertz CT molecular complexity index is 1330. The van der Waals surface area contributed by atoms with Crippen molar-refractivity contribution in [2.45, 2.75) is 26.7 Å². The van der Waals surface area contributed by atoms with Crippen molar-refractivity contribution < 1.29 is 4.79 Å². The minimum Gasteiger partial charge on any atom is -0.352 e. The van der Waals surface area contributed by atoms with Crippen molar-refractivity contribution in [1.29, 1.82) is 0 Å². The number of piperazine rings is 1. The fraction of sp³-hybridized carbons (Fsp3) is 0.333. The van der Waals surface area contributed by atoms with E-state index in [0.717, 1.165) is 46.8 Å². The quantitative estimate of drug-likeness (QED) is 0.381. The molecule has 0 unspecified atom stereocenters. The Morgan fingerprint density at radius 2 is 1.77 bits per heavy atom. The summed E-state index contributed by atoms with van der Waals surface area (Å²) in [4.78, 5) is 27.0. The van der Waals surface area contributed by atoms with Crippen LogP contribution in [0.1, 0.15) is 36.5 Å². The van der Waals surface area contributed by atoms with Crippen molar-refractivity contribution in [3.05, 3.63) is 77.2 Å². The predicted molar refractivity (Wildman–Crippen MR) is 139 cm³/mol. The summed E-state index contributed by atoms with van der Waals surface area (Å²) in [5.41, 5.74) is 2.37. The van der Waals surface area contributed by atoms with E-state index in [9.17, 15) is 4.79 Å². The number of anilines is 1. The lowest BCUT2D eigenvalue weighted by molar-refractivity contribution is 0.0746. The third kappa shape index (κ3) is 5.00. The van der Waals surface area contributed by atoms with Crippen LogP contribution in [0.5, 0.6) is 0 Å². The average Bonchev–Trinajstić information content (AvgIpc) is 3.31. The van der Waals surface area contributed by atoms with Crippen LogP contribution in [0.2, 0.25) is 5.02 Å².